The lowest BCUT2D eigenvalue weighted by Gasteiger charge is -2.38. The lowest BCUT2D eigenvalue weighted by atomic mass is 9.81. The molecule has 39 heavy (non-hydrogen) atoms. The van der Waals surface area contributed by atoms with Gasteiger partial charge in [-0.05, 0) is 29.2 Å². The van der Waals surface area contributed by atoms with Crippen LogP contribution in [-0.4, -0.2) is 51.3 Å². The zero-order valence-electron chi connectivity index (χ0n) is 21.8. The summed E-state index contributed by atoms with van der Waals surface area (Å²) in [5.74, 6) is -0.642. The largest absolute Gasteiger partial charge is 0.465 e. The average Bonchev–Trinajstić information content (AvgIpc) is 3.32. The molecule has 4 rings (SSSR count). The minimum absolute atomic E-state index is 0.143. The number of nitrogens with zero attached hydrogens (tertiary/aromatic N) is 4. The molecular formula is C27H27FN4O6S. The molecule has 0 radical (unpaired) electrons. The van der Waals surface area contributed by atoms with E-state index in [1.165, 1.54) is 41.7 Å². The number of carbonyl (C=O) groups is 1. The summed E-state index contributed by atoms with van der Waals surface area (Å²) in [6.07, 6.45) is 2.17. The van der Waals surface area contributed by atoms with Gasteiger partial charge in [0.25, 0.3) is 5.69 Å². The van der Waals surface area contributed by atoms with Crippen molar-refractivity contribution in [1.82, 2.24) is 14.9 Å². The molecule has 0 fully saturated rings. The number of carboxylic acid groups (broad SMARTS) is 1. The van der Waals surface area contributed by atoms with Crippen molar-refractivity contribution in [1.29, 1.82) is 0 Å². The number of rotatable bonds is 9. The van der Waals surface area contributed by atoms with Crippen LogP contribution in [0.3, 0.4) is 0 Å². The van der Waals surface area contributed by atoms with Gasteiger partial charge in [0.1, 0.15) is 5.75 Å². The smallest absolute Gasteiger partial charge is 0.407 e. The van der Waals surface area contributed by atoms with Crippen molar-refractivity contribution in [2.24, 2.45) is 5.41 Å². The Morgan fingerprint density at radius 3 is 2.54 bits per heavy atom. The fraction of sp³-hybridized carbons (Fsp3) is 0.296. The van der Waals surface area contributed by atoms with Crippen LogP contribution in [0.4, 0.5) is 14.9 Å². The molecule has 1 unspecified atom stereocenters. The van der Waals surface area contributed by atoms with Gasteiger partial charge in [-0.2, -0.15) is 0 Å². The molecule has 10 nitrogen and oxygen atoms in total. The number of aromatic nitrogens is 2. The minimum Gasteiger partial charge on any atom is -0.465 e. The van der Waals surface area contributed by atoms with Gasteiger partial charge < -0.3 is 14.6 Å². The zero-order valence-corrected chi connectivity index (χ0v) is 22.6. The number of hydrogen-bond acceptors (Lipinski definition) is 8. The van der Waals surface area contributed by atoms with Gasteiger partial charge in [-0.3, -0.25) is 25.0 Å². The minimum atomic E-state index is -1.04. The fourth-order valence-corrected chi connectivity index (χ4v) is 5.35. The number of non-ortho nitro benzene ring substituents is 1. The Bertz CT molecular complexity index is 1500. The van der Waals surface area contributed by atoms with E-state index in [1.807, 2.05) is 39.0 Å². The maximum absolute atomic E-state index is 14.4. The summed E-state index contributed by atoms with van der Waals surface area (Å²) < 4.78 is 26.0. The van der Waals surface area contributed by atoms with E-state index in [-0.39, 0.29) is 24.6 Å². The van der Waals surface area contributed by atoms with Gasteiger partial charge in [0.15, 0.2) is 11.6 Å². The molecule has 3 heterocycles. The monoisotopic (exact) mass is 554 g/mol. The predicted octanol–water partition coefficient (Wildman–Crippen LogP) is 6.91. The first-order valence-corrected chi connectivity index (χ1v) is 12.8. The van der Waals surface area contributed by atoms with Crippen molar-refractivity contribution in [3.8, 4) is 22.1 Å². The van der Waals surface area contributed by atoms with Crippen molar-refractivity contribution in [2.45, 2.75) is 26.8 Å². The highest BCUT2D eigenvalue weighted by atomic mass is 32.1. The highest BCUT2D eigenvalue weighted by Crippen LogP contribution is 2.41. The fourth-order valence-electron chi connectivity index (χ4n) is 4.31. The molecule has 0 saturated carbocycles. The Morgan fingerprint density at radius 2 is 1.95 bits per heavy atom. The summed E-state index contributed by atoms with van der Waals surface area (Å²) in [5, 5.41) is 20.8. The first-order valence-electron chi connectivity index (χ1n) is 11.9. The molecule has 1 aromatic carbocycles. The summed E-state index contributed by atoms with van der Waals surface area (Å²) >= 11 is 1.35. The van der Waals surface area contributed by atoms with Crippen molar-refractivity contribution >= 4 is 33.3 Å². The molecule has 1 atom stereocenters. The predicted molar refractivity (Wildman–Crippen MR) is 145 cm³/mol. The molecule has 3 aromatic heterocycles. The van der Waals surface area contributed by atoms with E-state index in [2.05, 4.69) is 9.97 Å². The van der Waals surface area contributed by atoms with E-state index in [0.717, 1.165) is 16.5 Å². The number of amides is 1. The molecule has 0 spiro atoms. The van der Waals surface area contributed by atoms with Crippen LogP contribution in [0.25, 0.3) is 20.8 Å². The van der Waals surface area contributed by atoms with Crippen molar-refractivity contribution in [2.75, 3.05) is 20.3 Å². The lowest BCUT2D eigenvalue weighted by molar-refractivity contribution is -0.385. The van der Waals surface area contributed by atoms with Crippen molar-refractivity contribution in [3.05, 3.63) is 76.4 Å². The Labute approximate surface area is 227 Å². The van der Waals surface area contributed by atoms with Crippen LogP contribution in [0.2, 0.25) is 0 Å². The van der Waals surface area contributed by atoms with Crippen LogP contribution in [0, 0.1) is 21.3 Å². The molecule has 0 aliphatic rings. The van der Waals surface area contributed by atoms with Gasteiger partial charge >= 0.3 is 6.09 Å². The number of thiophene rings is 1. The number of hydrogen-bond donors (Lipinski definition) is 1. The third-order valence-corrected chi connectivity index (χ3v) is 7.15. The topological polar surface area (TPSA) is 128 Å². The summed E-state index contributed by atoms with van der Waals surface area (Å²) in [6, 6.07) is 9.87. The molecule has 0 aliphatic heterocycles. The number of nitro groups is 1. The second-order valence-corrected chi connectivity index (χ2v) is 10.9. The SMILES string of the molecule is COCCN(C(=O)O)C(c1ccc(-c2cc3nccc(Oc4ccc([N+](=O)[O-])cc4F)c3s2)nc1)C(C)(C)C. The lowest BCUT2D eigenvalue weighted by Crippen LogP contribution is -2.42. The summed E-state index contributed by atoms with van der Waals surface area (Å²) in [4.78, 5) is 33.4. The van der Waals surface area contributed by atoms with Gasteiger partial charge in [-0.25, -0.2) is 9.18 Å². The Balaban J connectivity index is 1.65. The number of fused-ring (bicyclic) bond motifs is 1. The number of ether oxygens (including phenoxy) is 2. The van der Waals surface area contributed by atoms with E-state index in [1.54, 1.807) is 12.3 Å². The Hall–Kier alpha value is -4.16. The van der Waals surface area contributed by atoms with Crippen LogP contribution in [0.5, 0.6) is 11.5 Å². The maximum Gasteiger partial charge on any atom is 0.407 e. The summed E-state index contributed by atoms with van der Waals surface area (Å²) in [7, 11) is 1.53. The third-order valence-electron chi connectivity index (χ3n) is 5.99. The normalized spacial score (nSPS) is 12.3. The van der Waals surface area contributed by atoms with E-state index < -0.39 is 28.3 Å². The van der Waals surface area contributed by atoms with E-state index in [4.69, 9.17) is 9.47 Å². The van der Waals surface area contributed by atoms with Crippen molar-refractivity contribution in [3.63, 3.8) is 0 Å². The number of nitro benzene ring substituents is 1. The molecule has 204 valence electrons. The Morgan fingerprint density at radius 1 is 1.18 bits per heavy atom. The second-order valence-electron chi connectivity index (χ2n) is 9.82. The van der Waals surface area contributed by atoms with Crippen LogP contribution in [0.15, 0.2) is 54.9 Å². The molecule has 0 saturated heterocycles. The standard InChI is InChI=1S/C27H27FN4O6S/c1-27(2,3)25(31(26(33)34)11-12-37-4)16-5-7-19(30-15-16)23-14-20-24(39-23)22(9-10-29-20)38-21-8-6-17(32(35)36)13-18(21)28/h5-10,13-15,25H,11-12H2,1-4H3,(H,33,34). The molecule has 12 heteroatoms. The number of methoxy groups -OCH3 is 1. The quantitative estimate of drug-likeness (QED) is 0.175. The van der Waals surface area contributed by atoms with Crippen LogP contribution in [-0.2, 0) is 4.74 Å². The Kier molecular flexibility index (Phi) is 8.07. The van der Waals surface area contributed by atoms with Gasteiger partial charge in [-0.15, -0.1) is 11.3 Å². The molecule has 1 N–H and O–H groups in total. The highest BCUT2D eigenvalue weighted by Gasteiger charge is 2.35. The first-order chi connectivity index (χ1) is 18.5. The zero-order chi connectivity index (χ0) is 28.3. The molecule has 1 amide bonds. The van der Waals surface area contributed by atoms with Crippen molar-refractivity contribution < 1.29 is 28.7 Å². The maximum atomic E-state index is 14.4. The molecular weight excluding hydrogens is 527 g/mol. The van der Waals surface area contributed by atoms with Gasteiger partial charge in [0, 0.05) is 38.2 Å². The third kappa shape index (κ3) is 6.13. The van der Waals surface area contributed by atoms with Gasteiger partial charge in [-0.1, -0.05) is 26.8 Å². The van der Waals surface area contributed by atoms with Gasteiger partial charge in [0.2, 0.25) is 0 Å². The first kappa shape index (κ1) is 27.9. The van der Waals surface area contributed by atoms with Crippen LogP contribution in [0.1, 0.15) is 32.4 Å². The number of benzene rings is 1. The number of pyridine rings is 2. The summed E-state index contributed by atoms with van der Waals surface area (Å²) in [6.45, 7) is 6.41. The van der Waals surface area contributed by atoms with E-state index in [0.29, 0.717) is 21.7 Å². The van der Waals surface area contributed by atoms with E-state index >= 15 is 0 Å². The molecule has 4 aromatic rings. The van der Waals surface area contributed by atoms with E-state index in [9.17, 15) is 24.4 Å². The average molecular weight is 555 g/mol. The second kappa shape index (κ2) is 11.3. The van der Waals surface area contributed by atoms with Crippen LogP contribution >= 0.6 is 11.3 Å². The highest BCUT2D eigenvalue weighted by molar-refractivity contribution is 7.22. The summed E-state index contributed by atoms with van der Waals surface area (Å²) in [5.41, 5.74) is 1.25. The number of halogens is 1. The van der Waals surface area contributed by atoms with Crippen LogP contribution < -0.4 is 4.74 Å². The molecule has 0 aliphatic carbocycles. The molecule has 0 bridgehead atoms. The van der Waals surface area contributed by atoms with Gasteiger partial charge in [0.05, 0.1) is 44.4 Å².